The molecule has 0 bridgehead atoms. The molecule has 4 heterocycles. The van der Waals surface area contributed by atoms with Gasteiger partial charge in [-0.15, -0.1) is 0 Å². The summed E-state index contributed by atoms with van der Waals surface area (Å²) in [7, 11) is 0. The summed E-state index contributed by atoms with van der Waals surface area (Å²) < 4.78 is 21.6. The van der Waals surface area contributed by atoms with E-state index in [9.17, 15) is 24.2 Å². The zero-order valence-corrected chi connectivity index (χ0v) is 19.7. The number of cyclic esters (lactones) is 1. The Hall–Kier alpha value is -3.36. The average molecular weight is 479 g/mol. The Morgan fingerprint density at radius 1 is 1.23 bits per heavy atom. The van der Waals surface area contributed by atoms with E-state index in [1.54, 1.807) is 29.7 Å². The minimum absolute atomic E-state index is 0.0516. The minimum atomic E-state index is -1.91. The van der Waals surface area contributed by atoms with Crippen molar-refractivity contribution < 1.29 is 24.1 Å². The van der Waals surface area contributed by atoms with Crippen molar-refractivity contribution in [3.8, 4) is 11.4 Å². The van der Waals surface area contributed by atoms with Crippen molar-refractivity contribution >= 4 is 22.9 Å². The molecule has 3 aromatic rings. The second-order valence-corrected chi connectivity index (χ2v) is 9.10. The largest absolute Gasteiger partial charge is 0.458 e. The van der Waals surface area contributed by atoms with Gasteiger partial charge >= 0.3 is 5.97 Å². The summed E-state index contributed by atoms with van der Waals surface area (Å²) in [5, 5.41) is 21.2. The maximum absolute atomic E-state index is 14.9. The predicted molar refractivity (Wildman–Crippen MR) is 129 cm³/mol. The van der Waals surface area contributed by atoms with E-state index in [4.69, 9.17) is 9.72 Å². The highest BCUT2D eigenvalue weighted by Crippen LogP contribution is 2.40. The first-order valence-electron chi connectivity index (χ1n) is 11.9. The van der Waals surface area contributed by atoms with Crippen LogP contribution in [0.15, 0.2) is 29.1 Å². The molecule has 0 unspecified atom stereocenters. The molecule has 0 fully saturated rings. The van der Waals surface area contributed by atoms with Gasteiger partial charge in [-0.2, -0.15) is 0 Å². The van der Waals surface area contributed by atoms with E-state index in [1.807, 2.05) is 6.07 Å². The number of carbonyl (C=O) groups is 1. The summed E-state index contributed by atoms with van der Waals surface area (Å²) >= 11 is 0. The number of rotatable bonds is 6. The van der Waals surface area contributed by atoms with Crippen LogP contribution in [0.5, 0.6) is 0 Å². The first-order valence-corrected chi connectivity index (χ1v) is 11.9. The van der Waals surface area contributed by atoms with Gasteiger partial charge < -0.3 is 19.5 Å². The maximum atomic E-state index is 14.9. The first kappa shape index (κ1) is 23.4. The topological polar surface area (TPSA) is 102 Å². The number of hydrogen-bond acceptors (Lipinski definition) is 6. The van der Waals surface area contributed by atoms with Crippen LogP contribution in [0.3, 0.4) is 0 Å². The van der Waals surface area contributed by atoms with Crippen LogP contribution in [0, 0.1) is 5.82 Å². The number of fused-ring (bicyclic) bond motifs is 5. The summed E-state index contributed by atoms with van der Waals surface area (Å²) in [5.74, 6) is -1.12. The summed E-state index contributed by atoms with van der Waals surface area (Å²) in [4.78, 5) is 30.6. The average Bonchev–Trinajstić information content (AvgIpc) is 3.22. The Morgan fingerprint density at radius 2 is 2.03 bits per heavy atom. The van der Waals surface area contributed by atoms with E-state index in [0.29, 0.717) is 28.9 Å². The molecule has 2 N–H and O–H groups in total. The lowest BCUT2D eigenvalue weighted by molar-refractivity contribution is -0.172. The molecule has 0 aliphatic carbocycles. The quantitative estimate of drug-likeness (QED) is 0.411. The molecule has 2 aliphatic rings. The third-order valence-electron chi connectivity index (χ3n) is 7.09. The van der Waals surface area contributed by atoms with Gasteiger partial charge in [0.2, 0.25) is 0 Å². The number of ether oxygens (including phenoxy) is 1. The highest BCUT2D eigenvalue weighted by Gasteiger charge is 2.45. The lowest BCUT2D eigenvalue weighted by Crippen LogP contribution is -2.44. The molecular formula is C27H27FN2O5. The van der Waals surface area contributed by atoms with Crippen molar-refractivity contribution in [3.63, 3.8) is 0 Å². The van der Waals surface area contributed by atoms with Gasteiger partial charge in [0.25, 0.3) is 5.56 Å². The number of esters is 1. The molecule has 7 nitrogen and oxygen atoms in total. The summed E-state index contributed by atoms with van der Waals surface area (Å²) in [6, 6.07) is 4.86. The Morgan fingerprint density at radius 3 is 2.74 bits per heavy atom. The SMILES string of the molecule is CCCCc1cc2c(/C=C/CO)c3c(nc2cc1F)-c1cc2c(c(=O)n1C3)COC(=O)[C@]2(O)CC. The van der Waals surface area contributed by atoms with Crippen molar-refractivity contribution in [2.75, 3.05) is 6.61 Å². The van der Waals surface area contributed by atoms with Gasteiger partial charge in [-0.25, -0.2) is 14.2 Å². The Balaban J connectivity index is 1.79. The number of nitrogens with zero attached hydrogens (tertiary/aromatic N) is 2. The van der Waals surface area contributed by atoms with Crippen molar-refractivity contribution in [1.29, 1.82) is 0 Å². The molecule has 0 saturated heterocycles. The number of benzene rings is 1. The van der Waals surface area contributed by atoms with E-state index in [1.165, 1.54) is 6.07 Å². The zero-order chi connectivity index (χ0) is 24.9. The van der Waals surface area contributed by atoms with E-state index in [-0.39, 0.29) is 48.7 Å². The number of aryl methyl sites for hydroxylation is 1. The van der Waals surface area contributed by atoms with E-state index >= 15 is 0 Å². The highest BCUT2D eigenvalue weighted by molar-refractivity contribution is 5.94. The number of hydrogen-bond donors (Lipinski definition) is 2. The van der Waals surface area contributed by atoms with Crippen LogP contribution < -0.4 is 5.56 Å². The fourth-order valence-corrected chi connectivity index (χ4v) is 5.10. The van der Waals surface area contributed by atoms with Crippen molar-refractivity contribution in [2.24, 2.45) is 0 Å². The van der Waals surface area contributed by atoms with E-state index in [2.05, 4.69) is 6.92 Å². The molecule has 2 aromatic heterocycles. The lowest BCUT2D eigenvalue weighted by atomic mass is 9.86. The molecule has 1 atom stereocenters. The molecule has 5 rings (SSSR count). The number of carbonyl (C=O) groups excluding carboxylic acids is 1. The van der Waals surface area contributed by atoms with Gasteiger partial charge in [-0.05, 0) is 42.5 Å². The van der Waals surface area contributed by atoms with Crippen LogP contribution in [0.4, 0.5) is 4.39 Å². The van der Waals surface area contributed by atoms with Crippen LogP contribution >= 0.6 is 0 Å². The number of aliphatic hydroxyl groups is 2. The third kappa shape index (κ3) is 3.51. The third-order valence-corrected chi connectivity index (χ3v) is 7.09. The van der Waals surface area contributed by atoms with E-state index < -0.39 is 11.6 Å². The molecule has 35 heavy (non-hydrogen) atoms. The Labute approximate surface area is 201 Å². The highest BCUT2D eigenvalue weighted by atomic mass is 19.1. The van der Waals surface area contributed by atoms with Gasteiger partial charge in [0.15, 0.2) is 5.60 Å². The van der Waals surface area contributed by atoms with Gasteiger partial charge in [0.1, 0.15) is 12.4 Å². The summed E-state index contributed by atoms with van der Waals surface area (Å²) in [6.07, 6.45) is 5.83. The maximum Gasteiger partial charge on any atom is 0.343 e. The Kier molecular flexibility index (Phi) is 5.81. The van der Waals surface area contributed by atoms with Crippen LogP contribution in [0.25, 0.3) is 28.4 Å². The standard InChI is InChI=1S/C27H27FN2O5/c1-3-5-7-15-10-17-16(8-6-9-31)18-13-30-23(24(18)29-22(17)12-21(15)28)11-20-19(25(30)32)14-35-26(33)27(20,34)4-2/h6,8,10-12,31,34H,3-5,7,9,13-14H2,1-2H3/b8-6+/t27-/m0/s1. The smallest absolute Gasteiger partial charge is 0.343 e. The number of unbranched alkanes of at least 4 members (excludes halogenated alkanes) is 1. The van der Waals surface area contributed by atoms with Crippen LogP contribution in [0.1, 0.15) is 60.9 Å². The molecule has 0 amide bonds. The van der Waals surface area contributed by atoms with Gasteiger partial charge in [0, 0.05) is 22.6 Å². The fourth-order valence-electron chi connectivity index (χ4n) is 5.10. The van der Waals surface area contributed by atoms with Crippen molar-refractivity contribution in [2.45, 2.75) is 58.3 Å². The molecule has 0 radical (unpaired) electrons. The normalized spacial score (nSPS) is 18.6. The van der Waals surface area contributed by atoms with Crippen molar-refractivity contribution in [3.05, 3.63) is 68.3 Å². The molecule has 0 saturated carbocycles. The predicted octanol–water partition coefficient (Wildman–Crippen LogP) is 3.57. The van der Waals surface area contributed by atoms with Gasteiger partial charge in [-0.1, -0.05) is 32.4 Å². The molecule has 0 spiro atoms. The van der Waals surface area contributed by atoms with Gasteiger partial charge in [0.05, 0.1) is 35.6 Å². The van der Waals surface area contributed by atoms with Crippen LogP contribution in [0.2, 0.25) is 0 Å². The number of halogens is 1. The Bertz CT molecular complexity index is 1460. The number of aliphatic hydroxyl groups excluding tert-OH is 1. The second-order valence-electron chi connectivity index (χ2n) is 9.10. The summed E-state index contributed by atoms with van der Waals surface area (Å²) in [6.45, 7) is 3.55. The number of aromatic nitrogens is 2. The molecule has 2 aliphatic heterocycles. The van der Waals surface area contributed by atoms with Crippen molar-refractivity contribution in [1.82, 2.24) is 9.55 Å². The molecule has 8 heteroatoms. The second kappa shape index (κ2) is 8.70. The first-order chi connectivity index (χ1) is 16.8. The molecule has 1 aromatic carbocycles. The zero-order valence-electron chi connectivity index (χ0n) is 19.7. The molecular weight excluding hydrogens is 451 g/mol. The van der Waals surface area contributed by atoms with Crippen LogP contribution in [-0.4, -0.2) is 32.3 Å². The molecule has 182 valence electrons. The van der Waals surface area contributed by atoms with Gasteiger partial charge in [-0.3, -0.25) is 4.79 Å². The minimum Gasteiger partial charge on any atom is -0.458 e. The summed E-state index contributed by atoms with van der Waals surface area (Å²) in [5.41, 5.74) is 1.72. The van der Waals surface area contributed by atoms with E-state index in [0.717, 1.165) is 29.4 Å². The monoisotopic (exact) mass is 478 g/mol. The van der Waals surface area contributed by atoms with Crippen LogP contribution in [-0.2, 0) is 34.7 Å². The fraction of sp³-hybridized carbons (Fsp3) is 0.370. The number of pyridine rings is 2. The lowest BCUT2D eigenvalue weighted by Gasteiger charge is -2.31.